The Kier molecular flexibility index (Phi) is 7.21. The van der Waals surface area contributed by atoms with Gasteiger partial charge in [0.2, 0.25) is 5.91 Å². The van der Waals surface area contributed by atoms with Crippen molar-refractivity contribution in [3.8, 4) is 0 Å². The predicted molar refractivity (Wildman–Crippen MR) is 62.1 cm³/mol. The summed E-state index contributed by atoms with van der Waals surface area (Å²) in [4.78, 5) is 23.3. The van der Waals surface area contributed by atoms with E-state index >= 15 is 0 Å². The van der Waals surface area contributed by atoms with E-state index in [1.165, 1.54) is 11.9 Å². The maximum atomic E-state index is 11.6. The Balaban J connectivity index is 3.90. The molecule has 0 radical (unpaired) electrons. The fourth-order valence-corrected chi connectivity index (χ4v) is 2.20. The van der Waals surface area contributed by atoms with E-state index in [4.69, 9.17) is 5.11 Å². The Bertz CT molecular complexity index is 221. The first-order valence-electron chi connectivity index (χ1n) is 5.07. The molecule has 0 bridgehead atoms. The molecule has 1 unspecified atom stereocenters. The van der Waals surface area contributed by atoms with Crippen LogP contribution in [0.2, 0.25) is 0 Å². The number of carbonyl (C=O) groups excluding carboxylic acids is 1. The van der Waals surface area contributed by atoms with Gasteiger partial charge in [0.1, 0.15) is 6.54 Å². The number of likely N-dealkylation sites (N-methyl/N-ethyl adjacent to an activating group) is 1. The van der Waals surface area contributed by atoms with Crippen LogP contribution in [0.5, 0.6) is 0 Å². The average Bonchev–Trinajstić information content (AvgIpc) is 2.15. The first kappa shape index (κ1) is 14.3. The van der Waals surface area contributed by atoms with Crippen LogP contribution >= 0.6 is 11.8 Å². The molecule has 0 aromatic carbocycles. The summed E-state index contributed by atoms with van der Waals surface area (Å²) in [6.45, 7) is 3.70. The summed E-state index contributed by atoms with van der Waals surface area (Å²) in [5.74, 6) is -0.139. The molecule has 0 aliphatic rings. The minimum Gasteiger partial charge on any atom is -0.480 e. The minimum absolute atomic E-state index is 0.112. The van der Waals surface area contributed by atoms with E-state index < -0.39 is 5.97 Å². The molecule has 1 amide bonds. The van der Waals surface area contributed by atoms with Gasteiger partial charge in [0.15, 0.2) is 0 Å². The number of thioether (sulfide) groups is 1. The molecule has 88 valence electrons. The highest BCUT2D eigenvalue weighted by molar-refractivity contribution is 8.00. The van der Waals surface area contributed by atoms with Crippen LogP contribution in [0.4, 0.5) is 0 Å². The molecule has 0 rings (SSSR count). The molecule has 0 aromatic heterocycles. The number of amides is 1. The SMILES string of the molecule is CCCCSC(C)C(=O)N(C)CC(=O)O. The third-order valence-electron chi connectivity index (χ3n) is 1.96. The number of carbonyl (C=O) groups is 2. The van der Waals surface area contributed by atoms with Crippen molar-refractivity contribution in [2.75, 3.05) is 19.3 Å². The van der Waals surface area contributed by atoms with Gasteiger partial charge in [-0.25, -0.2) is 0 Å². The fourth-order valence-electron chi connectivity index (χ4n) is 1.07. The summed E-state index contributed by atoms with van der Waals surface area (Å²) < 4.78 is 0. The van der Waals surface area contributed by atoms with Crippen LogP contribution in [0.15, 0.2) is 0 Å². The summed E-state index contributed by atoms with van der Waals surface area (Å²) in [5, 5.41) is 8.38. The Labute approximate surface area is 95.0 Å². The number of rotatable bonds is 7. The van der Waals surface area contributed by atoms with E-state index in [1.54, 1.807) is 11.8 Å². The number of carboxylic acid groups (broad SMARTS) is 1. The van der Waals surface area contributed by atoms with Gasteiger partial charge < -0.3 is 10.0 Å². The third kappa shape index (κ3) is 6.38. The Morgan fingerprint density at radius 1 is 1.47 bits per heavy atom. The number of unbranched alkanes of at least 4 members (excludes halogenated alkanes) is 1. The summed E-state index contributed by atoms with van der Waals surface area (Å²) in [6, 6.07) is 0. The molecule has 0 spiro atoms. The van der Waals surface area contributed by atoms with E-state index in [0.29, 0.717) is 0 Å². The molecule has 0 saturated heterocycles. The van der Waals surface area contributed by atoms with Crippen molar-refractivity contribution in [1.29, 1.82) is 0 Å². The zero-order valence-corrected chi connectivity index (χ0v) is 10.3. The highest BCUT2D eigenvalue weighted by atomic mass is 32.2. The maximum absolute atomic E-state index is 11.6. The lowest BCUT2D eigenvalue weighted by atomic mass is 10.4. The number of aliphatic carboxylic acids is 1. The molecule has 4 nitrogen and oxygen atoms in total. The lowest BCUT2D eigenvalue weighted by molar-refractivity contribution is -0.143. The van der Waals surface area contributed by atoms with Crippen LogP contribution in [0.1, 0.15) is 26.7 Å². The van der Waals surface area contributed by atoms with Gasteiger partial charge in [-0.15, -0.1) is 11.8 Å². The summed E-state index contributed by atoms with van der Waals surface area (Å²) in [6.07, 6.45) is 2.20. The van der Waals surface area contributed by atoms with Crippen molar-refractivity contribution >= 4 is 23.6 Å². The van der Waals surface area contributed by atoms with Crippen molar-refractivity contribution in [2.24, 2.45) is 0 Å². The lowest BCUT2D eigenvalue weighted by Gasteiger charge is -2.19. The van der Waals surface area contributed by atoms with Crippen LogP contribution in [0.3, 0.4) is 0 Å². The van der Waals surface area contributed by atoms with E-state index in [0.717, 1.165) is 18.6 Å². The summed E-state index contributed by atoms with van der Waals surface area (Å²) >= 11 is 1.58. The molecule has 0 aliphatic heterocycles. The molecule has 0 fully saturated rings. The largest absolute Gasteiger partial charge is 0.480 e. The van der Waals surface area contributed by atoms with Gasteiger partial charge >= 0.3 is 5.97 Å². The second kappa shape index (κ2) is 7.56. The maximum Gasteiger partial charge on any atom is 0.323 e. The van der Waals surface area contributed by atoms with Gasteiger partial charge in [0.05, 0.1) is 5.25 Å². The van der Waals surface area contributed by atoms with Crippen molar-refractivity contribution in [3.05, 3.63) is 0 Å². The number of hydrogen-bond acceptors (Lipinski definition) is 3. The zero-order chi connectivity index (χ0) is 11.8. The second-order valence-corrected chi connectivity index (χ2v) is 4.90. The topological polar surface area (TPSA) is 57.6 Å². The molecule has 5 heteroatoms. The molecule has 0 aliphatic carbocycles. The number of hydrogen-bond donors (Lipinski definition) is 1. The minimum atomic E-state index is -0.975. The van der Waals surface area contributed by atoms with E-state index in [2.05, 4.69) is 6.92 Å². The standard InChI is InChI=1S/C10H19NO3S/c1-4-5-6-15-8(2)10(14)11(3)7-9(12)13/h8H,4-7H2,1-3H3,(H,12,13). The summed E-state index contributed by atoms with van der Waals surface area (Å²) in [7, 11) is 1.52. The normalized spacial score (nSPS) is 12.2. The highest BCUT2D eigenvalue weighted by Crippen LogP contribution is 2.14. The van der Waals surface area contributed by atoms with Crippen LogP contribution in [0.25, 0.3) is 0 Å². The zero-order valence-electron chi connectivity index (χ0n) is 9.52. The Hall–Kier alpha value is -0.710. The van der Waals surface area contributed by atoms with Crippen molar-refractivity contribution in [1.82, 2.24) is 4.90 Å². The number of carboxylic acids is 1. The van der Waals surface area contributed by atoms with Gasteiger partial charge in [-0.05, 0) is 19.1 Å². The lowest BCUT2D eigenvalue weighted by Crippen LogP contribution is -2.37. The van der Waals surface area contributed by atoms with Crippen LogP contribution in [0, 0.1) is 0 Å². The van der Waals surface area contributed by atoms with Crippen molar-refractivity contribution in [3.63, 3.8) is 0 Å². The summed E-state index contributed by atoms with van der Waals surface area (Å²) in [5.41, 5.74) is 0. The monoisotopic (exact) mass is 233 g/mol. The molecule has 0 saturated carbocycles. The highest BCUT2D eigenvalue weighted by Gasteiger charge is 2.18. The first-order chi connectivity index (χ1) is 6.99. The van der Waals surface area contributed by atoms with Gasteiger partial charge in [0.25, 0.3) is 0 Å². The second-order valence-electron chi connectivity index (χ2n) is 3.45. The quantitative estimate of drug-likeness (QED) is 0.676. The number of nitrogens with zero attached hydrogens (tertiary/aromatic N) is 1. The molecular formula is C10H19NO3S. The smallest absolute Gasteiger partial charge is 0.323 e. The Morgan fingerprint density at radius 2 is 2.07 bits per heavy atom. The first-order valence-corrected chi connectivity index (χ1v) is 6.12. The van der Waals surface area contributed by atoms with E-state index in [1.807, 2.05) is 6.92 Å². The Morgan fingerprint density at radius 3 is 2.53 bits per heavy atom. The molecule has 1 atom stereocenters. The average molecular weight is 233 g/mol. The van der Waals surface area contributed by atoms with Crippen LogP contribution < -0.4 is 0 Å². The van der Waals surface area contributed by atoms with E-state index in [9.17, 15) is 9.59 Å². The molecular weight excluding hydrogens is 214 g/mol. The van der Waals surface area contributed by atoms with Crippen LogP contribution in [-0.4, -0.2) is 46.5 Å². The molecule has 1 N–H and O–H groups in total. The van der Waals surface area contributed by atoms with Gasteiger partial charge in [-0.3, -0.25) is 9.59 Å². The molecule has 15 heavy (non-hydrogen) atoms. The van der Waals surface area contributed by atoms with Gasteiger partial charge in [-0.2, -0.15) is 0 Å². The molecule has 0 aromatic rings. The van der Waals surface area contributed by atoms with Gasteiger partial charge in [-0.1, -0.05) is 13.3 Å². The third-order valence-corrected chi connectivity index (χ3v) is 3.19. The van der Waals surface area contributed by atoms with Gasteiger partial charge in [0, 0.05) is 7.05 Å². The predicted octanol–water partition coefficient (Wildman–Crippen LogP) is 1.45. The fraction of sp³-hybridized carbons (Fsp3) is 0.800. The molecule has 0 heterocycles. The van der Waals surface area contributed by atoms with Crippen LogP contribution in [-0.2, 0) is 9.59 Å². The van der Waals surface area contributed by atoms with E-state index in [-0.39, 0.29) is 17.7 Å². The van der Waals surface area contributed by atoms with Crippen molar-refractivity contribution < 1.29 is 14.7 Å². The van der Waals surface area contributed by atoms with Crippen molar-refractivity contribution in [2.45, 2.75) is 31.9 Å².